The molecule has 0 heterocycles. The average molecular weight is 363 g/mol. The van der Waals surface area contributed by atoms with Gasteiger partial charge >= 0.3 is 11.9 Å². The third-order valence-corrected chi connectivity index (χ3v) is 3.57. The van der Waals surface area contributed by atoms with Gasteiger partial charge in [0.15, 0.2) is 0 Å². The van der Waals surface area contributed by atoms with Crippen molar-refractivity contribution in [1.82, 2.24) is 0 Å². The fourth-order valence-corrected chi connectivity index (χ4v) is 2.14. The van der Waals surface area contributed by atoms with E-state index in [1.807, 2.05) is 6.08 Å². The smallest absolute Gasteiger partial charge is 0.339 e. The minimum absolute atomic E-state index is 0.184. The van der Waals surface area contributed by atoms with E-state index in [-0.39, 0.29) is 6.42 Å². The monoisotopic (exact) mass is 362 g/mol. The molecule has 0 rings (SSSR count). The Morgan fingerprint density at radius 3 is 1.73 bits per heavy atom. The number of rotatable bonds is 15. The molecule has 146 valence electrons. The summed E-state index contributed by atoms with van der Waals surface area (Å²) in [5.41, 5.74) is 0. The fourth-order valence-electron chi connectivity index (χ4n) is 2.14. The van der Waals surface area contributed by atoms with Crippen molar-refractivity contribution in [2.75, 3.05) is 6.61 Å². The van der Waals surface area contributed by atoms with Crippen LogP contribution in [0.1, 0.15) is 71.1 Å². The second-order valence-corrected chi connectivity index (χ2v) is 5.98. The van der Waals surface area contributed by atoms with Gasteiger partial charge in [-0.25, -0.2) is 4.79 Å². The van der Waals surface area contributed by atoms with Crippen molar-refractivity contribution >= 4 is 11.9 Å². The molecule has 0 amide bonds. The Morgan fingerprint density at radius 1 is 0.731 bits per heavy atom. The first kappa shape index (κ1) is 24.1. The predicted octanol–water partition coefficient (Wildman–Crippen LogP) is 5.19. The van der Waals surface area contributed by atoms with Gasteiger partial charge in [-0.05, 0) is 44.9 Å². The number of hydrogen-bond acceptors (Lipinski definition) is 4. The normalized spacial score (nSPS) is 12.1. The number of allylic oxidation sites excluding steroid dienone is 8. The molecule has 4 nitrogen and oxygen atoms in total. The third kappa shape index (κ3) is 18.4. The van der Waals surface area contributed by atoms with E-state index in [9.17, 15) is 9.59 Å². The first-order chi connectivity index (χ1) is 12.7. The van der Waals surface area contributed by atoms with E-state index < -0.39 is 18.5 Å². The Labute approximate surface area is 158 Å². The third-order valence-electron chi connectivity index (χ3n) is 3.57. The predicted molar refractivity (Wildman–Crippen MR) is 107 cm³/mol. The first-order valence-corrected chi connectivity index (χ1v) is 9.65. The van der Waals surface area contributed by atoms with Crippen molar-refractivity contribution in [2.24, 2.45) is 0 Å². The number of unbranched alkanes of at least 4 members (excludes halogenated alkanes) is 4. The van der Waals surface area contributed by atoms with Crippen molar-refractivity contribution < 1.29 is 19.4 Å². The van der Waals surface area contributed by atoms with Crippen LogP contribution < -0.4 is 0 Å². The summed E-state index contributed by atoms with van der Waals surface area (Å²) in [4.78, 5) is 21.9. The van der Waals surface area contributed by atoms with Crippen LogP contribution in [0.4, 0.5) is 0 Å². The largest absolute Gasteiger partial charge is 0.391 e. The molecule has 0 aliphatic rings. The molecule has 0 saturated heterocycles. The van der Waals surface area contributed by atoms with Crippen LogP contribution in [0.3, 0.4) is 0 Å². The molecule has 0 aromatic heterocycles. The van der Waals surface area contributed by atoms with Crippen molar-refractivity contribution in [2.45, 2.75) is 71.1 Å². The lowest BCUT2D eigenvalue weighted by Gasteiger charge is -1.99. The van der Waals surface area contributed by atoms with E-state index in [4.69, 9.17) is 5.11 Å². The molecule has 0 radical (unpaired) electrons. The highest BCUT2D eigenvalue weighted by molar-refractivity contribution is 5.85. The van der Waals surface area contributed by atoms with Crippen molar-refractivity contribution in [3.63, 3.8) is 0 Å². The standard InChI is InChI=1S/C22H34O4/c1-2-3-4-5-6-7-8-9-10-11-12-13-14-15-16-17-18-19-21(24)26-22(25)20-23/h6-7,9-10,12-13,15-16,23H,2-5,8,11,14,17-20H2,1H3. The molecule has 26 heavy (non-hydrogen) atoms. The zero-order valence-electron chi connectivity index (χ0n) is 16.1. The number of hydrogen-bond donors (Lipinski definition) is 1. The molecule has 0 saturated carbocycles. The lowest BCUT2D eigenvalue weighted by molar-refractivity contribution is -0.161. The quantitative estimate of drug-likeness (QED) is 0.188. The van der Waals surface area contributed by atoms with Gasteiger partial charge in [0, 0.05) is 6.42 Å². The van der Waals surface area contributed by atoms with Crippen LogP contribution in [0.5, 0.6) is 0 Å². The molecule has 0 aromatic rings. The molecule has 0 aliphatic carbocycles. The summed E-state index contributed by atoms with van der Waals surface area (Å²) in [7, 11) is 0. The van der Waals surface area contributed by atoms with Crippen LogP contribution in [0.25, 0.3) is 0 Å². The van der Waals surface area contributed by atoms with Crippen LogP contribution in [-0.4, -0.2) is 23.7 Å². The topological polar surface area (TPSA) is 63.6 Å². The molecule has 1 N–H and O–H groups in total. The maximum absolute atomic E-state index is 11.2. The van der Waals surface area contributed by atoms with Crippen LogP contribution in [-0.2, 0) is 14.3 Å². The number of aliphatic hydroxyl groups excluding tert-OH is 1. The van der Waals surface area contributed by atoms with Gasteiger partial charge in [-0.2, -0.15) is 0 Å². The summed E-state index contributed by atoms with van der Waals surface area (Å²) < 4.78 is 4.35. The number of aliphatic hydroxyl groups is 1. The van der Waals surface area contributed by atoms with Gasteiger partial charge in [0.05, 0.1) is 0 Å². The average Bonchev–Trinajstić information content (AvgIpc) is 2.64. The minimum atomic E-state index is -0.896. The molecular formula is C22H34O4. The summed E-state index contributed by atoms with van der Waals surface area (Å²) in [6.07, 6.45) is 26.7. The molecule has 0 aliphatic heterocycles. The highest BCUT2D eigenvalue weighted by atomic mass is 16.6. The molecule has 0 atom stereocenters. The molecule has 0 bridgehead atoms. The summed E-state index contributed by atoms with van der Waals surface area (Å²) in [6, 6.07) is 0. The number of carbonyl (C=O) groups is 2. The summed E-state index contributed by atoms with van der Waals surface area (Å²) in [5, 5.41) is 8.45. The van der Waals surface area contributed by atoms with Gasteiger partial charge in [-0.3, -0.25) is 4.79 Å². The number of carbonyl (C=O) groups excluding carboxylic acids is 2. The highest BCUT2D eigenvalue weighted by Gasteiger charge is 2.07. The number of ether oxygens (including phenoxy) is 1. The Kier molecular flexibility index (Phi) is 17.9. The first-order valence-electron chi connectivity index (χ1n) is 9.65. The second kappa shape index (κ2) is 19.4. The Morgan fingerprint density at radius 2 is 1.23 bits per heavy atom. The van der Waals surface area contributed by atoms with E-state index in [1.165, 1.54) is 25.7 Å². The van der Waals surface area contributed by atoms with E-state index in [1.54, 1.807) is 0 Å². The lowest BCUT2D eigenvalue weighted by atomic mass is 10.2. The molecule has 0 fully saturated rings. The highest BCUT2D eigenvalue weighted by Crippen LogP contribution is 2.02. The van der Waals surface area contributed by atoms with E-state index in [0.717, 1.165) is 25.7 Å². The van der Waals surface area contributed by atoms with Gasteiger partial charge in [0.2, 0.25) is 0 Å². The van der Waals surface area contributed by atoms with Gasteiger partial charge < -0.3 is 9.84 Å². The maximum atomic E-state index is 11.2. The number of esters is 2. The molecule has 0 aromatic carbocycles. The second-order valence-electron chi connectivity index (χ2n) is 5.98. The fraction of sp³-hybridized carbons (Fsp3) is 0.545. The zero-order valence-corrected chi connectivity index (χ0v) is 16.1. The summed E-state index contributed by atoms with van der Waals surface area (Å²) in [5.74, 6) is -1.48. The van der Waals surface area contributed by atoms with Crippen molar-refractivity contribution in [1.29, 1.82) is 0 Å². The SMILES string of the molecule is CCCCCC=CCC=CCC=CCC=CCCCC(=O)OC(=O)CO. The Balaban J connectivity index is 3.51. The van der Waals surface area contributed by atoms with Crippen molar-refractivity contribution in [3.8, 4) is 0 Å². The van der Waals surface area contributed by atoms with Crippen LogP contribution in [0.15, 0.2) is 48.6 Å². The molecular weight excluding hydrogens is 328 g/mol. The van der Waals surface area contributed by atoms with Gasteiger partial charge in [0.25, 0.3) is 0 Å². The lowest BCUT2D eigenvalue weighted by Crippen LogP contribution is -2.14. The van der Waals surface area contributed by atoms with Crippen LogP contribution >= 0.6 is 0 Å². The zero-order chi connectivity index (χ0) is 19.3. The van der Waals surface area contributed by atoms with Gasteiger partial charge in [0.1, 0.15) is 6.61 Å². The van der Waals surface area contributed by atoms with Gasteiger partial charge in [-0.15, -0.1) is 0 Å². The van der Waals surface area contributed by atoms with E-state index in [2.05, 4.69) is 54.2 Å². The maximum Gasteiger partial charge on any atom is 0.339 e. The van der Waals surface area contributed by atoms with Crippen LogP contribution in [0.2, 0.25) is 0 Å². The van der Waals surface area contributed by atoms with E-state index >= 15 is 0 Å². The summed E-state index contributed by atoms with van der Waals surface area (Å²) in [6.45, 7) is 1.46. The van der Waals surface area contributed by atoms with Crippen molar-refractivity contribution in [3.05, 3.63) is 48.6 Å². The molecule has 0 spiro atoms. The Hall–Kier alpha value is -1.94. The minimum Gasteiger partial charge on any atom is -0.391 e. The molecule has 0 unspecified atom stereocenters. The molecule has 4 heteroatoms. The van der Waals surface area contributed by atoms with Gasteiger partial charge in [-0.1, -0.05) is 68.4 Å². The van der Waals surface area contributed by atoms with Crippen LogP contribution in [0, 0.1) is 0 Å². The summed E-state index contributed by atoms with van der Waals surface area (Å²) >= 11 is 0. The van der Waals surface area contributed by atoms with E-state index in [0.29, 0.717) is 6.42 Å². The Bertz CT molecular complexity index is 473.